The lowest BCUT2D eigenvalue weighted by atomic mass is 10.0. The zero-order valence-corrected chi connectivity index (χ0v) is 18.3. The molecule has 1 amide bonds. The third-order valence-corrected chi connectivity index (χ3v) is 5.14. The van der Waals surface area contributed by atoms with Gasteiger partial charge in [0.2, 0.25) is 0 Å². The number of fused-ring (bicyclic) bond motifs is 1. The third-order valence-electron chi connectivity index (χ3n) is 5.14. The monoisotopic (exact) mass is 452 g/mol. The summed E-state index contributed by atoms with van der Waals surface area (Å²) in [6, 6.07) is 23.4. The molecule has 0 saturated heterocycles. The number of benzene rings is 2. The van der Waals surface area contributed by atoms with Gasteiger partial charge in [-0.05, 0) is 42.3 Å². The van der Waals surface area contributed by atoms with Gasteiger partial charge in [0.1, 0.15) is 17.2 Å². The van der Waals surface area contributed by atoms with E-state index in [0.29, 0.717) is 23.0 Å². The van der Waals surface area contributed by atoms with E-state index < -0.39 is 5.63 Å². The first kappa shape index (κ1) is 21.1. The summed E-state index contributed by atoms with van der Waals surface area (Å²) in [5.41, 5.74) is 2.34. The lowest BCUT2D eigenvalue weighted by Gasteiger charge is -2.10. The van der Waals surface area contributed by atoms with Crippen molar-refractivity contribution >= 4 is 22.7 Å². The number of aryl methyl sites for hydroxylation is 1. The second-order valence-corrected chi connectivity index (χ2v) is 7.61. The summed E-state index contributed by atoms with van der Waals surface area (Å²) in [7, 11) is 0. The standard InChI is InChI=1S/C26H20N4O4/c1-17-13-24(30(29-17)23-9-5-6-12-27-23)28-25(31)16-33-19-10-11-20-21(18-7-3-2-4-8-18)15-26(32)34-22(20)14-19/h2-15H,16H2,1H3,(H,28,31). The Balaban J connectivity index is 1.33. The Labute approximate surface area is 194 Å². The molecule has 0 spiro atoms. The molecule has 3 aromatic heterocycles. The molecule has 168 valence electrons. The van der Waals surface area contributed by atoms with Crippen molar-refractivity contribution in [1.29, 1.82) is 0 Å². The van der Waals surface area contributed by atoms with Gasteiger partial charge in [-0.1, -0.05) is 36.4 Å². The van der Waals surface area contributed by atoms with Crippen LogP contribution >= 0.6 is 0 Å². The van der Waals surface area contributed by atoms with E-state index in [1.54, 1.807) is 41.2 Å². The Kier molecular flexibility index (Phi) is 5.61. The number of anilines is 1. The number of ether oxygens (including phenoxy) is 1. The molecule has 0 radical (unpaired) electrons. The van der Waals surface area contributed by atoms with Crippen LogP contribution in [0.5, 0.6) is 5.75 Å². The molecule has 0 unspecified atom stereocenters. The van der Waals surface area contributed by atoms with E-state index in [4.69, 9.17) is 9.15 Å². The Bertz CT molecular complexity index is 1530. The SMILES string of the molecule is Cc1cc(NC(=O)COc2ccc3c(-c4ccccc4)cc(=O)oc3c2)n(-c2ccccn2)n1. The summed E-state index contributed by atoms with van der Waals surface area (Å²) in [6.07, 6.45) is 1.66. The molecule has 5 rings (SSSR count). The summed E-state index contributed by atoms with van der Waals surface area (Å²) in [4.78, 5) is 29.0. The molecule has 0 aliphatic rings. The average Bonchev–Trinajstić information content (AvgIpc) is 3.22. The smallest absolute Gasteiger partial charge is 0.336 e. The van der Waals surface area contributed by atoms with Crippen LogP contribution in [0.2, 0.25) is 0 Å². The average molecular weight is 452 g/mol. The van der Waals surface area contributed by atoms with E-state index in [9.17, 15) is 9.59 Å². The maximum atomic E-state index is 12.6. The Hall–Kier alpha value is -4.72. The minimum Gasteiger partial charge on any atom is -0.484 e. The number of nitrogens with one attached hydrogen (secondary N) is 1. The number of pyridine rings is 1. The van der Waals surface area contributed by atoms with Crippen molar-refractivity contribution in [3.05, 3.63) is 101 Å². The highest BCUT2D eigenvalue weighted by atomic mass is 16.5. The van der Waals surface area contributed by atoms with Crippen molar-refractivity contribution in [2.45, 2.75) is 6.92 Å². The van der Waals surface area contributed by atoms with Crippen LogP contribution in [0.25, 0.3) is 27.9 Å². The van der Waals surface area contributed by atoms with E-state index in [-0.39, 0.29) is 12.5 Å². The Morgan fingerprint density at radius 2 is 1.85 bits per heavy atom. The van der Waals surface area contributed by atoms with Gasteiger partial charge < -0.3 is 14.5 Å². The van der Waals surface area contributed by atoms with Crippen LogP contribution < -0.4 is 15.7 Å². The van der Waals surface area contributed by atoms with Gasteiger partial charge in [0.25, 0.3) is 5.91 Å². The zero-order valence-electron chi connectivity index (χ0n) is 18.3. The minimum atomic E-state index is -0.459. The van der Waals surface area contributed by atoms with Crippen LogP contribution in [0.1, 0.15) is 5.69 Å². The van der Waals surface area contributed by atoms with Crippen molar-refractivity contribution in [3.8, 4) is 22.7 Å². The lowest BCUT2D eigenvalue weighted by molar-refractivity contribution is -0.118. The van der Waals surface area contributed by atoms with E-state index >= 15 is 0 Å². The van der Waals surface area contributed by atoms with Gasteiger partial charge in [-0.3, -0.25) is 4.79 Å². The molecule has 0 bridgehead atoms. The first-order chi connectivity index (χ1) is 16.6. The molecule has 1 N–H and O–H groups in total. The van der Waals surface area contributed by atoms with Crippen molar-refractivity contribution in [2.24, 2.45) is 0 Å². The number of amides is 1. The Morgan fingerprint density at radius 3 is 2.65 bits per heavy atom. The predicted octanol–water partition coefficient (Wildman–Crippen LogP) is 4.37. The van der Waals surface area contributed by atoms with Gasteiger partial charge in [-0.25, -0.2) is 9.78 Å². The second-order valence-electron chi connectivity index (χ2n) is 7.61. The number of carbonyl (C=O) groups is 1. The summed E-state index contributed by atoms with van der Waals surface area (Å²) in [5, 5.41) is 7.96. The van der Waals surface area contributed by atoms with Crippen LogP contribution in [0.4, 0.5) is 5.82 Å². The lowest BCUT2D eigenvalue weighted by Crippen LogP contribution is -2.22. The van der Waals surface area contributed by atoms with E-state index in [1.165, 1.54) is 6.07 Å². The molecule has 0 fully saturated rings. The fraction of sp³-hybridized carbons (Fsp3) is 0.0769. The van der Waals surface area contributed by atoms with Crippen molar-refractivity contribution in [1.82, 2.24) is 14.8 Å². The maximum absolute atomic E-state index is 12.6. The predicted molar refractivity (Wildman–Crippen MR) is 128 cm³/mol. The van der Waals surface area contributed by atoms with Gasteiger partial charge in [-0.2, -0.15) is 9.78 Å². The van der Waals surface area contributed by atoms with Gasteiger partial charge in [0.15, 0.2) is 12.4 Å². The molecule has 8 nitrogen and oxygen atoms in total. The summed E-state index contributed by atoms with van der Waals surface area (Å²) < 4.78 is 12.6. The largest absolute Gasteiger partial charge is 0.484 e. The number of rotatable bonds is 6. The molecule has 3 heterocycles. The minimum absolute atomic E-state index is 0.236. The van der Waals surface area contributed by atoms with E-state index in [2.05, 4.69) is 15.4 Å². The highest BCUT2D eigenvalue weighted by Crippen LogP contribution is 2.29. The second kappa shape index (κ2) is 9.03. The third kappa shape index (κ3) is 4.42. The molecule has 2 aromatic carbocycles. The zero-order chi connectivity index (χ0) is 23.5. The first-order valence-electron chi connectivity index (χ1n) is 10.6. The number of hydrogen-bond donors (Lipinski definition) is 1. The number of hydrogen-bond acceptors (Lipinski definition) is 6. The molecule has 34 heavy (non-hydrogen) atoms. The molecular weight excluding hydrogens is 432 g/mol. The molecule has 0 aliphatic carbocycles. The summed E-state index contributed by atoms with van der Waals surface area (Å²) in [6.45, 7) is 1.60. The Morgan fingerprint density at radius 1 is 1.03 bits per heavy atom. The van der Waals surface area contributed by atoms with Crippen molar-refractivity contribution in [3.63, 3.8) is 0 Å². The van der Waals surface area contributed by atoms with E-state index in [1.807, 2.05) is 49.4 Å². The van der Waals surface area contributed by atoms with Gasteiger partial charge in [0, 0.05) is 29.8 Å². The highest BCUT2D eigenvalue weighted by molar-refractivity contribution is 5.94. The number of aromatic nitrogens is 3. The van der Waals surface area contributed by atoms with Crippen LogP contribution in [0, 0.1) is 6.92 Å². The number of carbonyl (C=O) groups excluding carboxylic acids is 1. The van der Waals surface area contributed by atoms with Crippen LogP contribution in [-0.2, 0) is 4.79 Å². The molecule has 0 atom stereocenters. The van der Waals surface area contributed by atoms with Crippen LogP contribution in [0.15, 0.2) is 94.3 Å². The van der Waals surface area contributed by atoms with Crippen molar-refractivity contribution < 1.29 is 13.9 Å². The highest BCUT2D eigenvalue weighted by Gasteiger charge is 2.13. The summed E-state index contributed by atoms with van der Waals surface area (Å²) >= 11 is 0. The maximum Gasteiger partial charge on any atom is 0.336 e. The molecular formula is C26H20N4O4. The fourth-order valence-electron chi connectivity index (χ4n) is 3.66. The van der Waals surface area contributed by atoms with Crippen molar-refractivity contribution in [2.75, 3.05) is 11.9 Å². The molecule has 5 aromatic rings. The molecule has 8 heteroatoms. The van der Waals surface area contributed by atoms with Crippen LogP contribution in [0.3, 0.4) is 0 Å². The van der Waals surface area contributed by atoms with Gasteiger partial charge >= 0.3 is 5.63 Å². The first-order valence-corrected chi connectivity index (χ1v) is 10.6. The molecule has 0 aliphatic heterocycles. The van der Waals surface area contributed by atoms with Gasteiger partial charge in [-0.15, -0.1) is 0 Å². The quantitative estimate of drug-likeness (QED) is 0.384. The topological polar surface area (TPSA) is 99.2 Å². The van der Waals surface area contributed by atoms with Gasteiger partial charge in [0.05, 0.1) is 5.69 Å². The van der Waals surface area contributed by atoms with Crippen LogP contribution in [-0.4, -0.2) is 27.3 Å². The fourth-order valence-corrected chi connectivity index (χ4v) is 3.66. The molecule has 0 saturated carbocycles. The number of nitrogens with zero attached hydrogens (tertiary/aromatic N) is 3. The van der Waals surface area contributed by atoms with E-state index in [0.717, 1.165) is 22.2 Å². The normalized spacial score (nSPS) is 10.9. The summed E-state index contributed by atoms with van der Waals surface area (Å²) in [5.74, 6) is 1.12.